The van der Waals surface area contributed by atoms with Crippen LogP contribution in [-0.4, -0.2) is 57.5 Å². The summed E-state index contributed by atoms with van der Waals surface area (Å²) in [5, 5.41) is 10.1. The van der Waals surface area contributed by atoms with Crippen molar-refractivity contribution in [1.82, 2.24) is 0 Å². The Morgan fingerprint density at radius 1 is 1.35 bits per heavy atom. The molecule has 3 atom stereocenters. The van der Waals surface area contributed by atoms with Gasteiger partial charge in [0.05, 0.1) is 24.0 Å². The molecular weight excluding hydrogens is 310 g/mol. The van der Waals surface area contributed by atoms with E-state index in [2.05, 4.69) is 4.18 Å². The molecule has 0 aromatic heterocycles. The fraction of sp³-hybridized carbons (Fsp3) is 0.900. The predicted octanol–water partition coefficient (Wildman–Crippen LogP) is -0.154. The SMILES string of the molecule is COS(=O)(=O)C1CC(CS(=O)(=O)O)CCC1C=[N+](C)[O-]. The van der Waals surface area contributed by atoms with Gasteiger partial charge in [0.25, 0.3) is 20.2 Å². The molecule has 1 N–H and O–H groups in total. The van der Waals surface area contributed by atoms with Gasteiger partial charge in [-0.15, -0.1) is 0 Å². The minimum absolute atomic E-state index is 0.0327. The van der Waals surface area contributed by atoms with Gasteiger partial charge >= 0.3 is 0 Å². The van der Waals surface area contributed by atoms with Gasteiger partial charge in [0.2, 0.25) is 0 Å². The van der Waals surface area contributed by atoms with Crippen molar-refractivity contribution in [1.29, 1.82) is 0 Å². The summed E-state index contributed by atoms with van der Waals surface area (Å²) in [5.41, 5.74) is 0. The van der Waals surface area contributed by atoms with Gasteiger partial charge in [0, 0.05) is 0 Å². The summed E-state index contributed by atoms with van der Waals surface area (Å²) >= 11 is 0. The molecule has 0 amide bonds. The Morgan fingerprint density at radius 2 is 1.95 bits per heavy atom. The molecular formula is C10H19NO7S2. The number of rotatable bonds is 5. The van der Waals surface area contributed by atoms with E-state index in [1.807, 2.05) is 0 Å². The molecule has 0 aromatic rings. The van der Waals surface area contributed by atoms with Gasteiger partial charge in [-0.1, -0.05) is 0 Å². The molecule has 0 aliphatic heterocycles. The van der Waals surface area contributed by atoms with E-state index in [0.717, 1.165) is 7.11 Å². The minimum atomic E-state index is -4.16. The van der Waals surface area contributed by atoms with E-state index in [9.17, 15) is 22.0 Å². The van der Waals surface area contributed by atoms with Crippen molar-refractivity contribution in [3.05, 3.63) is 5.21 Å². The molecule has 1 fully saturated rings. The lowest BCUT2D eigenvalue weighted by atomic mass is 9.83. The number of hydrogen-bond donors (Lipinski definition) is 1. The highest BCUT2D eigenvalue weighted by Gasteiger charge is 2.41. The molecule has 1 saturated carbocycles. The molecule has 0 radical (unpaired) electrons. The first-order chi connectivity index (χ1) is 9.05. The van der Waals surface area contributed by atoms with E-state index < -0.39 is 43.1 Å². The third-order valence-corrected chi connectivity index (χ3v) is 6.04. The van der Waals surface area contributed by atoms with Crippen LogP contribution in [0, 0.1) is 17.0 Å². The van der Waals surface area contributed by atoms with Crippen LogP contribution in [-0.2, 0) is 24.4 Å². The Labute approximate surface area is 118 Å². The van der Waals surface area contributed by atoms with Crippen LogP contribution in [0.15, 0.2) is 0 Å². The molecule has 0 saturated heterocycles. The van der Waals surface area contributed by atoms with Gasteiger partial charge in [0.1, 0.15) is 7.05 Å². The third kappa shape index (κ3) is 5.00. The van der Waals surface area contributed by atoms with Crippen molar-refractivity contribution in [2.24, 2.45) is 11.8 Å². The second kappa shape index (κ2) is 6.37. The van der Waals surface area contributed by atoms with Gasteiger partial charge in [-0.3, -0.25) is 8.74 Å². The van der Waals surface area contributed by atoms with Crippen molar-refractivity contribution in [3.8, 4) is 0 Å². The predicted molar refractivity (Wildman–Crippen MR) is 72.6 cm³/mol. The molecule has 1 rings (SSSR count). The van der Waals surface area contributed by atoms with E-state index in [0.29, 0.717) is 17.6 Å². The first kappa shape index (κ1) is 17.3. The average molecular weight is 329 g/mol. The molecule has 0 aromatic carbocycles. The molecule has 8 nitrogen and oxygen atoms in total. The van der Waals surface area contributed by atoms with Crippen LogP contribution >= 0.6 is 0 Å². The van der Waals surface area contributed by atoms with Gasteiger partial charge in [-0.2, -0.15) is 16.8 Å². The summed E-state index contributed by atoms with van der Waals surface area (Å²) in [7, 11) is -5.76. The van der Waals surface area contributed by atoms with Crippen LogP contribution in [0.4, 0.5) is 0 Å². The van der Waals surface area contributed by atoms with E-state index in [1.54, 1.807) is 0 Å². The molecule has 0 spiro atoms. The molecule has 0 bridgehead atoms. The lowest BCUT2D eigenvalue weighted by Crippen LogP contribution is -2.40. The second-order valence-corrected chi connectivity index (χ2v) is 8.41. The maximum absolute atomic E-state index is 11.9. The zero-order valence-electron chi connectivity index (χ0n) is 11.3. The first-order valence-corrected chi connectivity index (χ1v) is 9.12. The monoisotopic (exact) mass is 329 g/mol. The van der Waals surface area contributed by atoms with E-state index >= 15 is 0 Å². The Morgan fingerprint density at radius 3 is 2.40 bits per heavy atom. The lowest BCUT2D eigenvalue weighted by Gasteiger charge is -2.31. The molecule has 0 heterocycles. The summed E-state index contributed by atoms with van der Waals surface area (Å²) in [5.74, 6) is -1.48. The van der Waals surface area contributed by atoms with Crippen LogP contribution < -0.4 is 0 Å². The summed E-state index contributed by atoms with van der Waals surface area (Å²) in [4.78, 5) is 0. The molecule has 118 valence electrons. The van der Waals surface area contributed by atoms with Gasteiger partial charge in [-0.05, 0) is 25.2 Å². The number of nitrogens with zero attached hydrogens (tertiary/aromatic N) is 1. The van der Waals surface area contributed by atoms with E-state index in [1.165, 1.54) is 13.3 Å². The summed E-state index contributed by atoms with van der Waals surface area (Å²) < 4.78 is 59.4. The van der Waals surface area contributed by atoms with Crippen molar-refractivity contribution >= 4 is 26.5 Å². The maximum atomic E-state index is 11.9. The number of hydroxylamine groups is 1. The van der Waals surface area contributed by atoms with Crippen LogP contribution in [0.1, 0.15) is 19.3 Å². The Bertz CT molecular complexity index is 562. The topological polar surface area (TPSA) is 124 Å². The molecule has 10 heteroatoms. The van der Waals surface area contributed by atoms with Crippen molar-refractivity contribution in [2.45, 2.75) is 24.5 Å². The van der Waals surface area contributed by atoms with Crippen molar-refractivity contribution < 1.29 is 30.3 Å². The lowest BCUT2D eigenvalue weighted by molar-refractivity contribution is -0.420. The highest BCUT2D eigenvalue weighted by Crippen LogP contribution is 2.33. The average Bonchev–Trinajstić information content (AvgIpc) is 2.28. The first-order valence-electron chi connectivity index (χ1n) is 6.04. The fourth-order valence-electron chi connectivity index (χ4n) is 2.58. The largest absolute Gasteiger partial charge is 0.624 e. The zero-order chi connectivity index (χ0) is 15.6. The molecule has 3 unspecified atom stereocenters. The maximum Gasteiger partial charge on any atom is 0.270 e. The minimum Gasteiger partial charge on any atom is -0.624 e. The highest BCUT2D eigenvalue weighted by atomic mass is 32.2. The summed E-state index contributed by atoms with van der Waals surface area (Å²) in [6.07, 6.45) is 2.06. The molecule has 1 aliphatic carbocycles. The van der Waals surface area contributed by atoms with Crippen LogP contribution in [0.2, 0.25) is 0 Å². The highest BCUT2D eigenvalue weighted by molar-refractivity contribution is 7.87. The standard InChI is InChI=1S/C10H19NO7S2/c1-11(12)6-9-4-3-8(7-19(13,14)15)5-10(9)20(16,17)18-2/h6,8-10H,3-5,7H2,1-2H3,(H,13,14,15). The van der Waals surface area contributed by atoms with Gasteiger partial charge in [-0.25, -0.2) is 4.74 Å². The van der Waals surface area contributed by atoms with E-state index in [4.69, 9.17) is 4.55 Å². The van der Waals surface area contributed by atoms with Crippen molar-refractivity contribution in [3.63, 3.8) is 0 Å². The Balaban J connectivity index is 2.98. The summed E-state index contributed by atoms with van der Waals surface area (Å²) in [6, 6.07) is 0. The van der Waals surface area contributed by atoms with E-state index in [-0.39, 0.29) is 6.42 Å². The smallest absolute Gasteiger partial charge is 0.270 e. The van der Waals surface area contributed by atoms with Crippen molar-refractivity contribution in [2.75, 3.05) is 19.9 Å². The summed E-state index contributed by atoms with van der Waals surface area (Å²) in [6.45, 7) is 0. The molecule has 1 aliphatic rings. The Hall–Kier alpha value is -0.710. The van der Waals surface area contributed by atoms with Crippen LogP contribution in [0.25, 0.3) is 0 Å². The third-order valence-electron chi connectivity index (χ3n) is 3.40. The van der Waals surface area contributed by atoms with Crippen LogP contribution in [0.5, 0.6) is 0 Å². The Kier molecular flexibility index (Phi) is 5.53. The zero-order valence-corrected chi connectivity index (χ0v) is 12.9. The van der Waals surface area contributed by atoms with Gasteiger partial charge in [0.15, 0.2) is 6.21 Å². The number of hydrogen-bond acceptors (Lipinski definition) is 6. The fourth-order valence-corrected chi connectivity index (χ4v) is 4.87. The quantitative estimate of drug-likeness (QED) is 0.186. The van der Waals surface area contributed by atoms with Gasteiger partial charge < -0.3 is 5.21 Å². The molecule has 20 heavy (non-hydrogen) atoms. The second-order valence-electron chi connectivity index (χ2n) is 4.98. The normalized spacial score (nSPS) is 29.4. The van der Waals surface area contributed by atoms with Crippen LogP contribution in [0.3, 0.4) is 0 Å².